The van der Waals surface area contributed by atoms with Gasteiger partial charge in [-0.05, 0) is 58.6 Å². The van der Waals surface area contributed by atoms with Gasteiger partial charge < -0.3 is 19.6 Å². The smallest absolute Gasteiger partial charge is 0.475 e. The Morgan fingerprint density at radius 3 is 2.30 bits per heavy atom. The van der Waals surface area contributed by atoms with Crippen LogP contribution in [-0.2, 0) is 22.6 Å². The summed E-state index contributed by atoms with van der Waals surface area (Å²) in [7, 11) is 0. The predicted molar refractivity (Wildman–Crippen MR) is 155 cm³/mol. The molecule has 0 aliphatic carbocycles. The number of aromatic nitrogens is 2. The SMILES string of the molecule is O=C(O)C(F)(F)F.c1ccc(-c2nnc(Cc3ccc(C4CCNCC4OCc4ccc5ccccc5c4)cc3)o2)cc1. The van der Waals surface area contributed by atoms with E-state index in [1.807, 2.05) is 30.3 Å². The number of hydrogen-bond donors (Lipinski definition) is 2. The highest BCUT2D eigenvalue weighted by atomic mass is 19.4. The first-order valence-corrected chi connectivity index (χ1v) is 13.8. The molecule has 0 saturated carbocycles. The van der Waals surface area contributed by atoms with Gasteiger partial charge >= 0.3 is 12.1 Å². The standard InChI is InChI=1S/C31H29N3O2.C2HF3O2/c1-2-7-26(8-3-1)31-34-33-30(36-31)19-22-10-14-25(15-11-22)28-16-17-32-20-29(28)35-21-23-12-13-24-6-4-5-9-27(24)18-23;3-2(4,5)1(6)7/h1-15,18,28-29,32H,16-17,19-21H2;(H,6,7). The number of rotatable bonds is 7. The van der Waals surface area contributed by atoms with E-state index in [9.17, 15) is 13.2 Å². The summed E-state index contributed by atoms with van der Waals surface area (Å²) >= 11 is 0. The second kappa shape index (κ2) is 13.6. The van der Waals surface area contributed by atoms with Crippen LogP contribution >= 0.6 is 0 Å². The van der Waals surface area contributed by atoms with E-state index >= 15 is 0 Å². The first-order chi connectivity index (χ1) is 20.8. The largest absolute Gasteiger partial charge is 0.490 e. The van der Waals surface area contributed by atoms with Gasteiger partial charge in [-0.25, -0.2) is 4.79 Å². The van der Waals surface area contributed by atoms with Gasteiger partial charge in [0.1, 0.15) is 0 Å². The number of halogens is 3. The number of fused-ring (bicyclic) bond motifs is 1. The topological polar surface area (TPSA) is 97.5 Å². The first kappa shape index (κ1) is 29.9. The summed E-state index contributed by atoms with van der Waals surface area (Å²) in [6.45, 7) is 2.49. The molecule has 0 bridgehead atoms. The molecule has 6 rings (SSSR count). The second-order valence-electron chi connectivity index (χ2n) is 10.2. The van der Waals surface area contributed by atoms with Gasteiger partial charge in [-0.2, -0.15) is 13.2 Å². The summed E-state index contributed by atoms with van der Waals surface area (Å²) < 4.78 is 44.1. The van der Waals surface area contributed by atoms with Crippen molar-refractivity contribution in [3.05, 3.63) is 120 Å². The molecule has 0 amide bonds. The maximum atomic E-state index is 10.6. The van der Waals surface area contributed by atoms with Crippen molar-refractivity contribution in [1.29, 1.82) is 0 Å². The summed E-state index contributed by atoms with van der Waals surface area (Å²) in [5.74, 6) is -1.20. The van der Waals surface area contributed by atoms with Crippen LogP contribution in [0.1, 0.15) is 34.9 Å². The highest BCUT2D eigenvalue weighted by molar-refractivity contribution is 5.82. The Balaban J connectivity index is 0.000000472. The first-order valence-electron chi connectivity index (χ1n) is 13.8. The molecule has 4 aromatic carbocycles. The number of carbonyl (C=O) groups is 1. The number of carboxylic acids is 1. The van der Waals surface area contributed by atoms with E-state index in [-0.39, 0.29) is 6.10 Å². The fourth-order valence-electron chi connectivity index (χ4n) is 5.00. The van der Waals surface area contributed by atoms with Crippen molar-refractivity contribution < 1.29 is 32.2 Å². The molecular formula is C33H30F3N3O4. The normalized spacial score (nSPS) is 16.8. The quantitative estimate of drug-likeness (QED) is 0.216. The molecule has 0 spiro atoms. The second-order valence-corrected chi connectivity index (χ2v) is 10.2. The van der Waals surface area contributed by atoms with Gasteiger partial charge in [0.15, 0.2) is 0 Å². The van der Waals surface area contributed by atoms with E-state index in [4.69, 9.17) is 19.1 Å². The van der Waals surface area contributed by atoms with E-state index in [0.717, 1.165) is 30.6 Å². The Morgan fingerprint density at radius 1 is 0.907 bits per heavy atom. The predicted octanol–water partition coefficient (Wildman–Crippen LogP) is 6.78. The molecule has 2 heterocycles. The van der Waals surface area contributed by atoms with Crippen molar-refractivity contribution in [2.24, 2.45) is 0 Å². The highest BCUT2D eigenvalue weighted by Crippen LogP contribution is 2.29. The van der Waals surface area contributed by atoms with Crippen LogP contribution < -0.4 is 5.32 Å². The highest BCUT2D eigenvalue weighted by Gasteiger charge is 2.38. The van der Waals surface area contributed by atoms with Crippen LogP contribution in [0.5, 0.6) is 0 Å². The summed E-state index contributed by atoms with van der Waals surface area (Å²) in [5, 5.41) is 21.6. The average molecular weight is 590 g/mol. The number of piperidine rings is 1. The molecule has 1 saturated heterocycles. The van der Waals surface area contributed by atoms with E-state index in [1.54, 1.807) is 0 Å². The third-order valence-electron chi connectivity index (χ3n) is 7.20. The Bertz CT molecular complexity index is 1640. The minimum absolute atomic E-state index is 0.139. The number of ether oxygens (including phenoxy) is 1. The van der Waals surface area contributed by atoms with Gasteiger partial charge in [0, 0.05) is 18.0 Å². The molecule has 2 unspecified atom stereocenters. The van der Waals surface area contributed by atoms with E-state index < -0.39 is 12.1 Å². The van der Waals surface area contributed by atoms with Crippen LogP contribution in [0.3, 0.4) is 0 Å². The summed E-state index contributed by atoms with van der Waals surface area (Å²) in [6.07, 6.45) is -3.26. The van der Waals surface area contributed by atoms with Crippen molar-refractivity contribution in [3.63, 3.8) is 0 Å². The Labute approximate surface area is 246 Å². The van der Waals surface area contributed by atoms with E-state index in [0.29, 0.717) is 30.7 Å². The molecule has 1 aliphatic rings. The Morgan fingerprint density at radius 2 is 1.58 bits per heavy atom. The van der Waals surface area contributed by atoms with Crippen molar-refractivity contribution in [2.75, 3.05) is 13.1 Å². The lowest BCUT2D eigenvalue weighted by molar-refractivity contribution is -0.192. The number of nitrogens with zero attached hydrogens (tertiary/aromatic N) is 2. The number of aliphatic carboxylic acids is 1. The van der Waals surface area contributed by atoms with Crippen molar-refractivity contribution in [1.82, 2.24) is 15.5 Å². The van der Waals surface area contributed by atoms with Gasteiger partial charge in [0.05, 0.1) is 19.1 Å². The molecule has 7 nitrogen and oxygen atoms in total. The van der Waals surface area contributed by atoms with E-state index in [1.165, 1.54) is 21.9 Å². The van der Waals surface area contributed by atoms with Gasteiger partial charge in [-0.3, -0.25) is 0 Å². The van der Waals surface area contributed by atoms with Crippen molar-refractivity contribution in [3.8, 4) is 11.5 Å². The minimum Gasteiger partial charge on any atom is -0.475 e. The molecule has 5 aromatic rings. The molecule has 0 radical (unpaired) electrons. The molecular weight excluding hydrogens is 559 g/mol. The van der Waals surface area contributed by atoms with Gasteiger partial charge in [0.25, 0.3) is 0 Å². The maximum Gasteiger partial charge on any atom is 0.490 e. The van der Waals surface area contributed by atoms with Crippen LogP contribution in [0.15, 0.2) is 101 Å². The molecule has 1 aromatic heterocycles. The molecule has 1 aliphatic heterocycles. The monoisotopic (exact) mass is 589 g/mol. The van der Waals surface area contributed by atoms with Crippen LogP contribution in [-0.4, -0.2) is 46.6 Å². The molecule has 2 atom stereocenters. The van der Waals surface area contributed by atoms with Gasteiger partial charge in [-0.15, -0.1) is 10.2 Å². The minimum atomic E-state index is -5.08. The Kier molecular flexibility index (Phi) is 9.48. The van der Waals surface area contributed by atoms with Crippen LogP contribution in [0, 0.1) is 0 Å². The third-order valence-corrected chi connectivity index (χ3v) is 7.20. The Hall–Kier alpha value is -4.54. The zero-order chi connectivity index (χ0) is 30.2. The zero-order valence-corrected chi connectivity index (χ0v) is 23.1. The van der Waals surface area contributed by atoms with Crippen LogP contribution in [0.25, 0.3) is 22.2 Å². The molecule has 222 valence electrons. The molecule has 43 heavy (non-hydrogen) atoms. The number of benzene rings is 4. The number of alkyl halides is 3. The maximum absolute atomic E-state index is 10.6. The third kappa shape index (κ3) is 8.06. The lowest BCUT2D eigenvalue weighted by Crippen LogP contribution is -2.40. The van der Waals surface area contributed by atoms with Crippen molar-refractivity contribution >= 4 is 16.7 Å². The summed E-state index contributed by atoms with van der Waals surface area (Å²) in [4.78, 5) is 8.90. The molecule has 1 fully saturated rings. The van der Waals surface area contributed by atoms with Gasteiger partial charge in [-0.1, -0.05) is 78.9 Å². The van der Waals surface area contributed by atoms with E-state index in [2.05, 4.69) is 82.2 Å². The van der Waals surface area contributed by atoms with Crippen molar-refractivity contribution in [2.45, 2.75) is 37.6 Å². The summed E-state index contributed by atoms with van der Waals surface area (Å²) in [5.41, 5.74) is 4.62. The molecule has 10 heteroatoms. The fourth-order valence-corrected chi connectivity index (χ4v) is 5.00. The zero-order valence-electron chi connectivity index (χ0n) is 23.1. The van der Waals surface area contributed by atoms with Crippen LogP contribution in [0.2, 0.25) is 0 Å². The number of carboxylic acid groups (broad SMARTS) is 1. The number of nitrogens with one attached hydrogen (secondary N) is 1. The summed E-state index contributed by atoms with van der Waals surface area (Å²) in [6, 6.07) is 33.7. The van der Waals surface area contributed by atoms with Crippen LogP contribution in [0.4, 0.5) is 13.2 Å². The van der Waals surface area contributed by atoms with Gasteiger partial charge in [0.2, 0.25) is 11.8 Å². The molecule has 2 N–H and O–H groups in total. The lowest BCUT2D eigenvalue weighted by atomic mass is 9.87. The fraction of sp³-hybridized carbons (Fsp3) is 0.242. The number of hydrogen-bond acceptors (Lipinski definition) is 6. The lowest BCUT2D eigenvalue weighted by Gasteiger charge is -2.32. The average Bonchev–Trinajstić information content (AvgIpc) is 3.49.